The van der Waals surface area contributed by atoms with E-state index in [1.807, 2.05) is 6.92 Å². The van der Waals surface area contributed by atoms with Crippen LogP contribution < -0.4 is 11.1 Å². The molecular weight excluding hydrogens is 216 g/mol. The van der Waals surface area contributed by atoms with Crippen LogP contribution >= 0.6 is 0 Å². The molecule has 5 nitrogen and oxygen atoms in total. The monoisotopic (exact) mass is 238 g/mol. The van der Waals surface area contributed by atoms with Crippen LogP contribution in [-0.4, -0.2) is 28.2 Å². The maximum Gasteiger partial charge on any atom is 0.131 e. The van der Waals surface area contributed by atoms with Gasteiger partial charge in [-0.05, 0) is 25.2 Å². The number of nitrogens with one attached hydrogen (secondary N) is 1. The van der Waals surface area contributed by atoms with Crippen LogP contribution in [0, 0.1) is 12.3 Å². The Labute approximate surface area is 102 Å². The number of rotatable bonds is 6. The zero-order valence-corrected chi connectivity index (χ0v) is 10.8. The number of hydrogen-bond donors (Lipinski definition) is 3. The smallest absolute Gasteiger partial charge is 0.131 e. The summed E-state index contributed by atoms with van der Waals surface area (Å²) in [6.45, 7) is 7.17. The fourth-order valence-electron chi connectivity index (χ4n) is 1.66. The molecule has 0 aliphatic heterocycles. The lowest BCUT2D eigenvalue weighted by molar-refractivity contribution is 0.248. The molecule has 1 aromatic rings. The Kier molecular flexibility index (Phi) is 4.69. The number of aliphatic hydroxyl groups excluding tert-OH is 1. The van der Waals surface area contributed by atoms with Gasteiger partial charge in [-0.3, -0.25) is 0 Å². The zero-order valence-electron chi connectivity index (χ0n) is 10.8. The maximum atomic E-state index is 8.83. The molecule has 1 rings (SSSR count). The molecule has 0 fully saturated rings. The van der Waals surface area contributed by atoms with Crippen molar-refractivity contribution in [1.82, 2.24) is 9.97 Å². The van der Waals surface area contributed by atoms with Crippen LogP contribution in [0.25, 0.3) is 0 Å². The average molecular weight is 238 g/mol. The van der Waals surface area contributed by atoms with Gasteiger partial charge in [0, 0.05) is 19.2 Å². The van der Waals surface area contributed by atoms with Gasteiger partial charge in [0.25, 0.3) is 0 Å². The Morgan fingerprint density at radius 3 is 2.71 bits per heavy atom. The van der Waals surface area contributed by atoms with Crippen molar-refractivity contribution in [2.24, 2.45) is 5.41 Å². The number of aliphatic hydroxyl groups is 1. The van der Waals surface area contributed by atoms with Crippen LogP contribution in [0.1, 0.15) is 32.5 Å². The van der Waals surface area contributed by atoms with Gasteiger partial charge in [-0.1, -0.05) is 13.8 Å². The quantitative estimate of drug-likeness (QED) is 0.700. The van der Waals surface area contributed by atoms with Crippen molar-refractivity contribution in [2.75, 3.05) is 24.2 Å². The number of aromatic nitrogens is 2. The van der Waals surface area contributed by atoms with Crippen LogP contribution in [0.2, 0.25) is 0 Å². The van der Waals surface area contributed by atoms with Gasteiger partial charge in [-0.15, -0.1) is 0 Å². The minimum absolute atomic E-state index is 0.121. The third-order valence-electron chi connectivity index (χ3n) is 2.62. The molecule has 5 heteroatoms. The topological polar surface area (TPSA) is 84.1 Å². The summed E-state index contributed by atoms with van der Waals surface area (Å²) < 4.78 is 0. The van der Waals surface area contributed by atoms with E-state index in [0.29, 0.717) is 11.6 Å². The summed E-state index contributed by atoms with van der Waals surface area (Å²) in [7, 11) is 0. The number of nitrogen functional groups attached to an aromatic ring is 1. The Morgan fingerprint density at radius 1 is 1.41 bits per heavy atom. The third kappa shape index (κ3) is 4.99. The highest BCUT2D eigenvalue weighted by atomic mass is 16.2. The SMILES string of the molecule is Cc1nc(N)cc(NCC(C)(C)CCCO)n1. The molecule has 1 aromatic heterocycles. The van der Waals surface area contributed by atoms with E-state index in [4.69, 9.17) is 10.8 Å². The van der Waals surface area contributed by atoms with Gasteiger partial charge >= 0.3 is 0 Å². The molecule has 0 saturated heterocycles. The first-order valence-corrected chi connectivity index (χ1v) is 5.89. The van der Waals surface area contributed by atoms with Crippen molar-refractivity contribution in [1.29, 1.82) is 0 Å². The van der Waals surface area contributed by atoms with Crippen LogP contribution in [0.4, 0.5) is 11.6 Å². The van der Waals surface area contributed by atoms with Crippen molar-refractivity contribution in [3.8, 4) is 0 Å². The van der Waals surface area contributed by atoms with Gasteiger partial charge in [-0.2, -0.15) is 0 Å². The fraction of sp³-hybridized carbons (Fsp3) is 0.667. The summed E-state index contributed by atoms with van der Waals surface area (Å²) in [6, 6.07) is 1.73. The summed E-state index contributed by atoms with van der Waals surface area (Å²) in [5.41, 5.74) is 5.78. The molecule has 1 heterocycles. The second-order valence-corrected chi connectivity index (χ2v) is 5.07. The molecule has 0 aromatic carbocycles. The number of anilines is 2. The highest BCUT2D eigenvalue weighted by Gasteiger charge is 2.17. The van der Waals surface area contributed by atoms with Gasteiger partial charge in [0.2, 0.25) is 0 Å². The van der Waals surface area contributed by atoms with Gasteiger partial charge < -0.3 is 16.2 Å². The Bertz CT molecular complexity index is 345. The lowest BCUT2D eigenvalue weighted by Gasteiger charge is -2.25. The number of aryl methyl sites for hydroxylation is 1. The van der Waals surface area contributed by atoms with E-state index in [1.165, 1.54) is 0 Å². The molecule has 0 aliphatic rings. The summed E-state index contributed by atoms with van der Waals surface area (Å²) in [6.07, 6.45) is 1.79. The van der Waals surface area contributed by atoms with E-state index >= 15 is 0 Å². The normalized spacial score (nSPS) is 11.5. The summed E-state index contributed by atoms with van der Waals surface area (Å²) in [4.78, 5) is 8.29. The molecule has 0 bridgehead atoms. The molecule has 0 spiro atoms. The second-order valence-electron chi connectivity index (χ2n) is 5.07. The van der Waals surface area contributed by atoms with Crippen LogP contribution in [0.15, 0.2) is 6.07 Å². The molecule has 0 unspecified atom stereocenters. The van der Waals surface area contributed by atoms with Crippen LogP contribution in [0.3, 0.4) is 0 Å². The highest BCUT2D eigenvalue weighted by Crippen LogP contribution is 2.22. The highest BCUT2D eigenvalue weighted by molar-refractivity contribution is 5.44. The standard InChI is InChI=1S/C12H22N4O/c1-9-15-10(13)7-11(16-9)14-8-12(2,3)5-4-6-17/h7,17H,4-6,8H2,1-3H3,(H3,13,14,15,16). The van der Waals surface area contributed by atoms with Crippen molar-refractivity contribution in [3.05, 3.63) is 11.9 Å². The van der Waals surface area contributed by atoms with E-state index in [0.717, 1.165) is 25.2 Å². The molecule has 0 radical (unpaired) electrons. The number of nitrogens with zero attached hydrogens (tertiary/aromatic N) is 2. The van der Waals surface area contributed by atoms with Gasteiger partial charge in [0.05, 0.1) is 0 Å². The molecule has 17 heavy (non-hydrogen) atoms. The number of nitrogens with two attached hydrogens (primary N) is 1. The molecule has 4 N–H and O–H groups in total. The Morgan fingerprint density at radius 2 is 2.12 bits per heavy atom. The van der Waals surface area contributed by atoms with Crippen LogP contribution in [0.5, 0.6) is 0 Å². The zero-order chi connectivity index (χ0) is 12.9. The summed E-state index contributed by atoms with van der Waals surface area (Å²) in [5.74, 6) is 1.90. The Balaban J connectivity index is 2.54. The second kappa shape index (κ2) is 5.82. The first-order chi connectivity index (χ1) is 7.93. The predicted molar refractivity (Wildman–Crippen MR) is 69.8 cm³/mol. The predicted octanol–water partition coefficient (Wildman–Crippen LogP) is 1.58. The molecular formula is C12H22N4O. The Hall–Kier alpha value is -1.36. The lowest BCUT2D eigenvalue weighted by Crippen LogP contribution is -2.24. The third-order valence-corrected chi connectivity index (χ3v) is 2.62. The average Bonchev–Trinajstić information content (AvgIpc) is 2.23. The molecule has 0 saturated carbocycles. The fourth-order valence-corrected chi connectivity index (χ4v) is 1.66. The molecule has 0 amide bonds. The van der Waals surface area contributed by atoms with Crippen molar-refractivity contribution in [2.45, 2.75) is 33.6 Å². The van der Waals surface area contributed by atoms with E-state index in [-0.39, 0.29) is 12.0 Å². The van der Waals surface area contributed by atoms with E-state index in [2.05, 4.69) is 29.1 Å². The summed E-state index contributed by atoms with van der Waals surface area (Å²) in [5, 5.41) is 12.1. The maximum absolute atomic E-state index is 8.83. The van der Waals surface area contributed by atoms with Gasteiger partial charge in [0.15, 0.2) is 0 Å². The van der Waals surface area contributed by atoms with Gasteiger partial charge in [0.1, 0.15) is 17.5 Å². The van der Waals surface area contributed by atoms with E-state index in [1.54, 1.807) is 6.07 Å². The van der Waals surface area contributed by atoms with E-state index in [9.17, 15) is 0 Å². The molecule has 96 valence electrons. The lowest BCUT2D eigenvalue weighted by atomic mass is 9.88. The van der Waals surface area contributed by atoms with Crippen molar-refractivity contribution < 1.29 is 5.11 Å². The van der Waals surface area contributed by atoms with E-state index < -0.39 is 0 Å². The van der Waals surface area contributed by atoms with Crippen molar-refractivity contribution >= 4 is 11.6 Å². The summed E-state index contributed by atoms with van der Waals surface area (Å²) >= 11 is 0. The minimum atomic E-state index is 0.121. The van der Waals surface area contributed by atoms with Gasteiger partial charge in [-0.25, -0.2) is 9.97 Å². The van der Waals surface area contributed by atoms with Crippen LogP contribution in [-0.2, 0) is 0 Å². The molecule has 0 aliphatic carbocycles. The minimum Gasteiger partial charge on any atom is -0.396 e. The number of hydrogen-bond acceptors (Lipinski definition) is 5. The first-order valence-electron chi connectivity index (χ1n) is 5.89. The molecule has 0 atom stereocenters. The largest absolute Gasteiger partial charge is 0.396 e. The van der Waals surface area contributed by atoms with Crippen molar-refractivity contribution in [3.63, 3.8) is 0 Å². The first kappa shape index (κ1) is 13.7.